The van der Waals surface area contributed by atoms with Gasteiger partial charge in [0, 0.05) is 58.8 Å². The van der Waals surface area contributed by atoms with Crippen LogP contribution in [0.2, 0.25) is 0 Å². The van der Waals surface area contributed by atoms with Crippen molar-refractivity contribution in [2.75, 3.05) is 53.1 Å². The third-order valence-electron chi connectivity index (χ3n) is 6.98. The number of rotatable bonds is 6. The van der Waals surface area contributed by atoms with Crippen molar-refractivity contribution < 1.29 is 14.3 Å². The van der Waals surface area contributed by atoms with Crippen LogP contribution in [0.5, 0.6) is 0 Å². The van der Waals surface area contributed by atoms with Crippen molar-refractivity contribution >= 4 is 5.91 Å². The van der Waals surface area contributed by atoms with E-state index in [0.29, 0.717) is 30.1 Å². The van der Waals surface area contributed by atoms with Crippen molar-refractivity contribution in [3.63, 3.8) is 0 Å². The summed E-state index contributed by atoms with van der Waals surface area (Å²) in [5.41, 5.74) is 2.64. The van der Waals surface area contributed by atoms with Crippen molar-refractivity contribution in [2.24, 2.45) is 17.8 Å². The van der Waals surface area contributed by atoms with E-state index < -0.39 is 0 Å². The van der Waals surface area contributed by atoms with Crippen molar-refractivity contribution in [1.82, 2.24) is 9.80 Å². The van der Waals surface area contributed by atoms with Gasteiger partial charge in [-0.25, -0.2) is 0 Å². The highest BCUT2D eigenvalue weighted by molar-refractivity contribution is 5.77. The Bertz CT molecular complexity index is 674. The van der Waals surface area contributed by atoms with E-state index in [-0.39, 0.29) is 6.04 Å². The summed E-state index contributed by atoms with van der Waals surface area (Å²) in [6.07, 6.45) is 2.72. The van der Waals surface area contributed by atoms with Gasteiger partial charge in [0.15, 0.2) is 0 Å². The van der Waals surface area contributed by atoms with Crippen molar-refractivity contribution in [1.29, 1.82) is 0 Å². The topological polar surface area (TPSA) is 42.0 Å². The highest BCUT2D eigenvalue weighted by atomic mass is 16.5. The number of likely N-dealkylation sites (tertiary alicyclic amines) is 2. The fourth-order valence-electron chi connectivity index (χ4n) is 5.43. The predicted octanol–water partition coefficient (Wildman–Crippen LogP) is 2.89. The molecule has 5 heteroatoms. The summed E-state index contributed by atoms with van der Waals surface area (Å²) in [4.78, 5) is 18.1. The molecule has 1 aromatic rings. The standard InChI is InChI=1S/C23H34N2O3/c1-17-5-3-4-6-20(17)23-21-16-24(9-12-27-2)14-19(21)15-25(23)22(26)13-18-7-10-28-11-8-18/h3-6,18-19,21,23H,7-16H2,1-2H3/t19-,21-,23+/m0/s1. The Morgan fingerprint density at radius 2 is 1.96 bits per heavy atom. The zero-order chi connectivity index (χ0) is 19.5. The number of amides is 1. The fraction of sp³-hybridized carbons (Fsp3) is 0.696. The Balaban J connectivity index is 1.52. The maximum absolute atomic E-state index is 13.3. The van der Waals surface area contributed by atoms with Gasteiger partial charge in [0.25, 0.3) is 0 Å². The average molecular weight is 387 g/mol. The van der Waals surface area contributed by atoms with Gasteiger partial charge in [-0.05, 0) is 42.7 Å². The summed E-state index contributed by atoms with van der Waals surface area (Å²) >= 11 is 0. The minimum absolute atomic E-state index is 0.214. The first kappa shape index (κ1) is 19.9. The molecule has 3 atom stereocenters. The van der Waals surface area contributed by atoms with Crippen LogP contribution in [-0.4, -0.2) is 68.8 Å². The molecule has 3 fully saturated rings. The number of ether oxygens (including phenoxy) is 2. The molecular formula is C23H34N2O3. The van der Waals surface area contributed by atoms with Crippen LogP contribution in [0, 0.1) is 24.7 Å². The molecule has 0 aromatic heterocycles. The van der Waals surface area contributed by atoms with Gasteiger partial charge in [-0.15, -0.1) is 0 Å². The molecule has 28 heavy (non-hydrogen) atoms. The Morgan fingerprint density at radius 1 is 1.18 bits per heavy atom. The lowest BCUT2D eigenvalue weighted by Crippen LogP contribution is -2.37. The van der Waals surface area contributed by atoms with Crippen molar-refractivity contribution in [3.05, 3.63) is 35.4 Å². The lowest BCUT2D eigenvalue weighted by molar-refractivity contribution is -0.134. The Hall–Kier alpha value is -1.43. The Morgan fingerprint density at radius 3 is 2.71 bits per heavy atom. The van der Waals surface area contributed by atoms with E-state index in [9.17, 15) is 4.79 Å². The van der Waals surface area contributed by atoms with E-state index in [0.717, 1.165) is 58.8 Å². The van der Waals surface area contributed by atoms with Crippen LogP contribution in [0.25, 0.3) is 0 Å². The molecule has 0 spiro atoms. The van der Waals surface area contributed by atoms with E-state index in [4.69, 9.17) is 9.47 Å². The third kappa shape index (κ3) is 4.12. The van der Waals surface area contributed by atoms with E-state index in [1.807, 2.05) is 0 Å². The van der Waals surface area contributed by atoms with Gasteiger partial charge in [-0.3, -0.25) is 4.79 Å². The molecule has 0 N–H and O–H groups in total. The van der Waals surface area contributed by atoms with E-state index >= 15 is 0 Å². The van der Waals surface area contributed by atoms with Gasteiger partial charge in [0.2, 0.25) is 5.91 Å². The predicted molar refractivity (Wildman–Crippen MR) is 109 cm³/mol. The number of hydrogen-bond donors (Lipinski definition) is 0. The molecule has 0 saturated carbocycles. The molecule has 154 valence electrons. The second-order valence-electron chi connectivity index (χ2n) is 8.78. The van der Waals surface area contributed by atoms with Gasteiger partial charge in [-0.1, -0.05) is 24.3 Å². The summed E-state index contributed by atoms with van der Waals surface area (Å²) in [6, 6.07) is 8.84. The lowest BCUT2D eigenvalue weighted by atomic mass is 9.87. The number of hydrogen-bond acceptors (Lipinski definition) is 4. The molecule has 0 aliphatic carbocycles. The first-order valence-electron chi connectivity index (χ1n) is 10.8. The third-order valence-corrected chi connectivity index (χ3v) is 6.98. The second kappa shape index (κ2) is 8.93. The van der Waals surface area contributed by atoms with E-state index in [2.05, 4.69) is 41.0 Å². The summed E-state index contributed by atoms with van der Waals surface area (Å²) in [5.74, 6) is 1.92. The molecule has 3 saturated heterocycles. The summed E-state index contributed by atoms with van der Waals surface area (Å²) in [6.45, 7) is 8.60. The van der Waals surface area contributed by atoms with Gasteiger partial charge in [0.1, 0.15) is 0 Å². The minimum atomic E-state index is 0.214. The summed E-state index contributed by atoms with van der Waals surface area (Å²) < 4.78 is 10.8. The van der Waals surface area contributed by atoms with E-state index in [1.165, 1.54) is 11.1 Å². The quantitative estimate of drug-likeness (QED) is 0.754. The highest BCUT2D eigenvalue weighted by Gasteiger charge is 2.49. The number of fused-ring (bicyclic) bond motifs is 1. The fourth-order valence-corrected chi connectivity index (χ4v) is 5.43. The molecule has 0 bridgehead atoms. The molecule has 0 unspecified atom stereocenters. The zero-order valence-corrected chi connectivity index (χ0v) is 17.3. The second-order valence-corrected chi connectivity index (χ2v) is 8.78. The van der Waals surface area contributed by atoms with Crippen LogP contribution in [0.4, 0.5) is 0 Å². The molecular weight excluding hydrogens is 352 g/mol. The first-order valence-corrected chi connectivity index (χ1v) is 10.8. The van der Waals surface area contributed by atoms with E-state index in [1.54, 1.807) is 7.11 Å². The van der Waals surface area contributed by atoms with Gasteiger partial charge in [-0.2, -0.15) is 0 Å². The van der Waals surface area contributed by atoms with Crippen molar-refractivity contribution in [2.45, 2.75) is 32.2 Å². The number of nitrogens with zero attached hydrogens (tertiary/aromatic N) is 2. The molecule has 0 radical (unpaired) electrons. The van der Waals surface area contributed by atoms with Crippen LogP contribution >= 0.6 is 0 Å². The molecule has 3 aliphatic rings. The van der Waals surface area contributed by atoms with Gasteiger partial charge < -0.3 is 19.3 Å². The monoisotopic (exact) mass is 386 g/mol. The van der Waals surface area contributed by atoms with Crippen LogP contribution in [0.1, 0.15) is 36.4 Å². The molecule has 3 heterocycles. The van der Waals surface area contributed by atoms with Gasteiger partial charge in [0.05, 0.1) is 12.6 Å². The number of carbonyl (C=O) groups excluding carboxylic acids is 1. The summed E-state index contributed by atoms with van der Waals surface area (Å²) in [5, 5.41) is 0. The molecule has 1 amide bonds. The maximum atomic E-state index is 13.3. The maximum Gasteiger partial charge on any atom is 0.223 e. The molecule has 4 rings (SSSR count). The average Bonchev–Trinajstić information content (AvgIpc) is 3.25. The Kier molecular flexibility index (Phi) is 6.34. The number of methoxy groups -OCH3 is 1. The van der Waals surface area contributed by atoms with Crippen molar-refractivity contribution in [3.8, 4) is 0 Å². The number of aryl methyl sites for hydroxylation is 1. The van der Waals surface area contributed by atoms with Gasteiger partial charge >= 0.3 is 0 Å². The lowest BCUT2D eigenvalue weighted by Gasteiger charge is -2.32. The van der Waals surface area contributed by atoms with Crippen LogP contribution in [0.15, 0.2) is 24.3 Å². The Labute approximate surface area is 169 Å². The smallest absolute Gasteiger partial charge is 0.223 e. The highest BCUT2D eigenvalue weighted by Crippen LogP contribution is 2.46. The first-order chi connectivity index (χ1) is 13.7. The SMILES string of the molecule is COCCN1C[C@H]2CN(C(=O)CC3CCOCC3)[C@H](c3ccccc3C)[C@H]2C1. The molecule has 3 aliphatic heterocycles. The molecule has 1 aromatic carbocycles. The van der Waals surface area contributed by atoms with Crippen LogP contribution in [-0.2, 0) is 14.3 Å². The van der Waals surface area contributed by atoms with Crippen LogP contribution in [0.3, 0.4) is 0 Å². The molecule has 5 nitrogen and oxygen atoms in total. The minimum Gasteiger partial charge on any atom is -0.383 e. The number of carbonyl (C=O) groups is 1. The zero-order valence-electron chi connectivity index (χ0n) is 17.3. The van der Waals surface area contributed by atoms with Crippen LogP contribution < -0.4 is 0 Å². The summed E-state index contributed by atoms with van der Waals surface area (Å²) in [7, 11) is 1.77. The largest absolute Gasteiger partial charge is 0.383 e. The normalized spacial score (nSPS) is 28.6. The number of benzene rings is 1.